The molecule has 0 fully saturated rings. The summed E-state index contributed by atoms with van der Waals surface area (Å²) < 4.78 is 3.88. The molecule has 15 heavy (non-hydrogen) atoms. The van der Waals surface area contributed by atoms with E-state index in [1.165, 1.54) is 11.5 Å². The van der Waals surface area contributed by atoms with Gasteiger partial charge >= 0.3 is 0 Å². The lowest BCUT2D eigenvalue weighted by Crippen LogP contribution is -2.11. The van der Waals surface area contributed by atoms with Crippen molar-refractivity contribution in [3.63, 3.8) is 0 Å². The van der Waals surface area contributed by atoms with Crippen LogP contribution in [0.4, 0.5) is 0 Å². The van der Waals surface area contributed by atoms with Crippen molar-refractivity contribution in [2.45, 2.75) is 20.4 Å². The van der Waals surface area contributed by atoms with Crippen LogP contribution in [0.1, 0.15) is 17.6 Å². The highest BCUT2D eigenvalue weighted by atomic mass is 32.1. The normalized spacial score (nSPS) is 10.8. The van der Waals surface area contributed by atoms with Crippen LogP contribution in [-0.4, -0.2) is 26.3 Å². The topological polar surface area (TPSA) is 63.6 Å². The molecular formula is C8H11N5S2. The lowest BCUT2D eigenvalue weighted by atomic mass is 10.4. The third-order valence-corrected chi connectivity index (χ3v) is 3.74. The van der Waals surface area contributed by atoms with Gasteiger partial charge in [0.2, 0.25) is 0 Å². The van der Waals surface area contributed by atoms with Gasteiger partial charge < -0.3 is 5.32 Å². The molecule has 2 aromatic heterocycles. The van der Waals surface area contributed by atoms with Crippen molar-refractivity contribution in [2.24, 2.45) is 0 Å². The molecule has 0 amide bonds. The molecule has 0 saturated carbocycles. The smallest absolute Gasteiger partial charge is 0.161 e. The molecule has 0 unspecified atom stereocenters. The van der Waals surface area contributed by atoms with Gasteiger partial charge in [0.05, 0.1) is 5.69 Å². The summed E-state index contributed by atoms with van der Waals surface area (Å²) in [5, 5.41) is 17.3. The van der Waals surface area contributed by atoms with E-state index in [0.29, 0.717) is 0 Å². The summed E-state index contributed by atoms with van der Waals surface area (Å²) in [5.41, 5.74) is 0.922. The fraction of sp³-hybridized carbons (Fsp3) is 0.500. The number of hydrogen-bond donors (Lipinski definition) is 1. The first-order valence-electron chi connectivity index (χ1n) is 4.63. The molecule has 0 bridgehead atoms. The monoisotopic (exact) mass is 241 g/mol. The average molecular weight is 241 g/mol. The summed E-state index contributed by atoms with van der Waals surface area (Å²) in [7, 11) is 0. The second kappa shape index (κ2) is 4.73. The Morgan fingerprint density at radius 3 is 2.80 bits per heavy atom. The zero-order valence-electron chi connectivity index (χ0n) is 8.52. The first kappa shape index (κ1) is 10.6. The first-order valence-corrected chi connectivity index (χ1v) is 6.22. The molecule has 2 heterocycles. The molecule has 0 aliphatic rings. The van der Waals surface area contributed by atoms with Crippen LogP contribution in [0.25, 0.3) is 9.88 Å². The van der Waals surface area contributed by atoms with Gasteiger partial charge in [0.1, 0.15) is 9.88 Å². The number of nitrogens with one attached hydrogen (secondary N) is 1. The van der Waals surface area contributed by atoms with E-state index in [4.69, 9.17) is 0 Å². The van der Waals surface area contributed by atoms with Gasteiger partial charge in [-0.15, -0.1) is 15.3 Å². The second-order valence-corrected chi connectivity index (χ2v) is 4.78. The Bertz CT molecular complexity index is 436. The Morgan fingerprint density at radius 2 is 2.13 bits per heavy atom. The fourth-order valence-electron chi connectivity index (χ4n) is 1.08. The van der Waals surface area contributed by atoms with Crippen LogP contribution in [0.15, 0.2) is 0 Å². The van der Waals surface area contributed by atoms with Crippen LogP contribution in [0.5, 0.6) is 0 Å². The average Bonchev–Trinajstić information content (AvgIpc) is 2.83. The number of hydrogen-bond acceptors (Lipinski definition) is 7. The minimum atomic E-state index is 0.777. The van der Waals surface area contributed by atoms with Gasteiger partial charge in [-0.25, -0.2) is 0 Å². The van der Waals surface area contributed by atoms with E-state index in [1.807, 2.05) is 6.92 Å². The Hall–Kier alpha value is -0.920. The highest BCUT2D eigenvalue weighted by Gasteiger charge is 2.11. The highest BCUT2D eigenvalue weighted by Crippen LogP contribution is 2.28. The van der Waals surface area contributed by atoms with E-state index in [0.717, 1.165) is 33.7 Å². The number of aryl methyl sites for hydroxylation is 1. The van der Waals surface area contributed by atoms with E-state index in [1.54, 1.807) is 11.3 Å². The predicted octanol–water partition coefficient (Wildman–Crippen LogP) is 1.47. The van der Waals surface area contributed by atoms with Crippen LogP contribution in [0.2, 0.25) is 0 Å². The SMILES string of the molecule is CCNCc1nnc(-c2snnc2C)s1. The van der Waals surface area contributed by atoms with E-state index in [-0.39, 0.29) is 0 Å². The van der Waals surface area contributed by atoms with Crippen LogP contribution in [-0.2, 0) is 6.54 Å². The Labute approximate surface area is 95.7 Å². The Balaban J connectivity index is 2.17. The molecule has 7 heteroatoms. The van der Waals surface area contributed by atoms with Crippen LogP contribution in [0, 0.1) is 6.92 Å². The summed E-state index contributed by atoms with van der Waals surface area (Å²) >= 11 is 2.96. The summed E-state index contributed by atoms with van der Waals surface area (Å²) in [5.74, 6) is 0. The van der Waals surface area contributed by atoms with Crippen LogP contribution < -0.4 is 5.32 Å². The maximum absolute atomic E-state index is 4.13. The number of nitrogens with zero attached hydrogens (tertiary/aromatic N) is 4. The summed E-state index contributed by atoms with van der Waals surface area (Å²) in [6.45, 7) is 5.72. The van der Waals surface area contributed by atoms with Gasteiger partial charge in [0.25, 0.3) is 0 Å². The zero-order valence-corrected chi connectivity index (χ0v) is 10.2. The molecule has 1 N–H and O–H groups in total. The van der Waals surface area contributed by atoms with E-state index in [2.05, 4.69) is 32.0 Å². The van der Waals surface area contributed by atoms with Gasteiger partial charge in [-0.2, -0.15) is 0 Å². The maximum Gasteiger partial charge on any atom is 0.161 e. The van der Waals surface area contributed by atoms with E-state index < -0.39 is 0 Å². The molecule has 0 spiro atoms. The van der Waals surface area contributed by atoms with Crippen molar-refractivity contribution in [3.8, 4) is 9.88 Å². The van der Waals surface area contributed by atoms with Gasteiger partial charge in [-0.1, -0.05) is 22.7 Å². The molecule has 2 aromatic rings. The van der Waals surface area contributed by atoms with Gasteiger partial charge in [-0.3, -0.25) is 0 Å². The summed E-state index contributed by atoms with van der Waals surface area (Å²) in [6.07, 6.45) is 0. The minimum Gasteiger partial charge on any atom is -0.311 e. The largest absolute Gasteiger partial charge is 0.311 e. The Kier molecular flexibility index (Phi) is 3.34. The van der Waals surface area contributed by atoms with Crippen molar-refractivity contribution in [1.29, 1.82) is 0 Å². The lowest BCUT2D eigenvalue weighted by Gasteiger charge is -1.93. The summed E-state index contributed by atoms with van der Waals surface area (Å²) in [6, 6.07) is 0. The minimum absolute atomic E-state index is 0.777. The number of rotatable bonds is 4. The zero-order chi connectivity index (χ0) is 10.7. The van der Waals surface area contributed by atoms with E-state index in [9.17, 15) is 0 Å². The quantitative estimate of drug-likeness (QED) is 0.878. The third-order valence-electron chi connectivity index (χ3n) is 1.84. The number of aromatic nitrogens is 4. The Morgan fingerprint density at radius 1 is 1.27 bits per heavy atom. The molecule has 0 atom stereocenters. The fourth-order valence-corrected chi connectivity index (χ4v) is 2.65. The van der Waals surface area contributed by atoms with Crippen molar-refractivity contribution in [1.82, 2.24) is 25.1 Å². The molecule has 0 aliphatic heterocycles. The second-order valence-electron chi connectivity index (χ2n) is 2.97. The lowest BCUT2D eigenvalue weighted by molar-refractivity contribution is 0.715. The molecule has 0 radical (unpaired) electrons. The van der Waals surface area contributed by atoms with Gasteiger partial charge in [-0.05, 0) is 25.0 Å². The predicted molar refractivity (Wildman–Crippen MR) is 60.9 cm³/mol. The van der Waals surface area contributed by atoms with Gasteiger partial charge in [0, 0.05) is 6.54 Å². The van der Waals surface area contributed by atoms with Crippen molar-refractivity contribution in [2.75, 3.05) is 6.54 Å². The van der Waals surface area contributed by atoms with Gasteiger partial charge in [0.15, 0.2) is 5.01 Å². The van der Waals surface area contributed by atoms with Crippen molar-refractivity contribution in [3.05, 3.63) is 10.7 Å². The van der Waals surface area contributed by atoms with Crippen molar-refractivity contribution < 1.29 is 0 Å². The standard InChI is InChI=1S/C8H11N5S2/c1-3-9-4-6-11-12-8(14-6)7-5(2)10-13-15-7/h9H,3-4H2,1-2H3. The molecule has 0 aromatic carbocycles. The maximum atomic E-state index is 4.13. The summed E-state index contributed by atoms with van der Waals surface area (Å²) in [4.78, 5) is 1.02. The first-order chi connectivity index (χ1) is 7.31. The molecule has 80 valence electrons. The molecule has 0 aliphatic carbocycles. The third kappa shape index (κ3) is 2.36. The molecule has 5 nitrogen and oxygen atoms in total. The molecule has 2 rings (SSSR count). The van der Waals surface area contributed by atoms with Crippen molar-refractivity contribution >= 4 is 22.9 Å². The van der Waals surface area contributed by atoms with Crippen LogP contribution >= 0.6 is 22.9 Å². The highest BCUT2D eigenvalue weighted by molar-refractivity contribution is 7.19. The van der Waals surface area contributed by atoms with E-state index >= 15 is 0 Å². The molecular weight excluding hydrogens is 230 g/mol. The molecule has 0 saturated heterocycles. The van der Waals surface area contributed by atoms with Crippen LogP contribution in [0.3, 0.4) is 0 Å².